The van der Waals surface area contributed by atoms with Crippen LogP contribution in [-0.4, -0.2) is 5.91 Å². The second-order valence-corrected chi connectivity index (χ2v) is 3.87. The Labute approximate surface area is 95.9 Å². The van der Waals surface area contributed by atoms with Gasteiger partial charge in [0.1, 0.15) is 5.82 Å². The summed E-state index contributed by atoms with van der Waals surface area (Å²) in [5.41, 5.74) is 0.655. The first-order chi connectivity index (χ1) is 7.72. The number of halogens is 1. The van der Waals surface area contributed by atoms with Crippen LogP contribution >= 0.6 is 0 Å². The smallest absolute Gasteiger partial charge is 0.224 e. The number of unbranched alkanes of at least 4 members (excludes halogenated alkanes) is 3. The maximum absolute atomic E-state index is 12.6. The summed E-state index contributed by atoms with van der Waals surface area (Å²) < 4.78 is 12.6. The largest absolute Gasteiger partial charge is 0.326 e. The second kappa shape index (κ2) is 6.99. The monoisotopic (exact) mass is 223 g/mol. The first-order valence-electron chi connectivity index (χ1n) is 5.78. The summed E-state index contributed by atoms with van der Waals surface area (Å²) in [5, 5.41) is 2.74. The minimum absolute atomic E-state index is 0.00251. The highest BCUT2D eigenvalue weighted by molar-refractivity contribution is 5.90. The van der Waals surface area contributed by atoms with Crippen molar-refractivity contribution in [2.45, 2.75) is 39.0 Å². The third kappa shape index (κ3) is 4.91. The Morgan fingerprint density at radius 2 is 1.88 bits per heavy atom. The van der Waals surface area contributed by atoms with Crippen LogP contribution in [0.5, 0.6) is 0 Å². The summed E-state index contributed by atoms with van der Waals surface area (Å²) >= 11 is 0. The number of amides is 1. The van der Waals surface area contributed by atoms with E-state index in [1.807, 2.05) is 0 Å². The summed E-state index contributed by atoms with van der Waals surface area (Å²) in [6.07, 6.45) is 4.88. The Balaban J connectivity index is 2.26. The minimum Gasteiger partial charge on any atom is -0.326 e. The van der Waals surface area contributed by atoms with E-state index in [1.165, 1.54) is 25.0 Å². The number of anilines is 1. The number of hydrogen-bond donors (Lipinski definition) is 1. The lowest BCUT2D eigenvalue weighted by atomic mass is 10.1. The molecule has 0 aliphatic rings. The van der Waals surface area contributed by atoms with E-state index < -0.39 is 0 Å². The van der Waals surface area contributed by atoms with Crippen LogP contribution in [0.15, 0.2) is 24.3 Å². The van der Waals surface area contributed by atoms with Crippen LogP contribution in [0, 0.1) is 5.82 Å². The van der Waals surface area contributed by atoms with Crippen molar-refractivity contribution in [2.24, 2.45) is 0 Å². The molecule has 1 N–H and O–H groups in total. The molecule has 0 aliphatic heterocycles. The molecule has 0 radical (unpaired) electrons. The van der Waals surface area contributed by atoms with Gasteiger partial charge in [-0.1, -0.05) is 26.2 Å². The van der Waals surface area contributed by atoms with Crippen molar-refractivity contribution in [3.63, 3.8) is 0 Å². The molecule has 0 atom stereocenters. The van der Waals surface area contributed by atoms with Crippen LogP contribution in [-0.2, 0) is 4.79 Å². The molecule has 0 saturated heterocycles. The Hall–Kier alpha value is -1.38. The molecule has 1 amide bonds. The van der Waals surface area contributed by atoms with E-state index in [9.17, 15) is 9.18 Å². The SMILES string of the molecule is CCCCCCC(=O)Nc1ccc(F)cc1. The molecule has 0 saturated carbocycles. The highest BCUT2D eigenvalue weighted by Gasteiger charge is 2.01. The van der Waals surface area contributed by atoms with Gasteiger partial charge in [0.25, 0.3) is 0 Å². The van der Waals surface area contributed by atoms with Gasteiger partial charge in [-0.25, -0.2) is 4.39 Å². The molecule has 88 valence electrons. The predicted molar refractivity (Wildman–Crippen MR) is 63.8 cm³/mol. The first-order valence-corrected chi connectivity index (χ1v) is 5.78. The number of carbonyl (C=O) groups is 1. The highest BCUT2D eigenvalue weighted by Crippen LogP contribution is 2.10. The standard InChI is InChI=1S/C13H18FNO/c1-2-3-4-5-6-13(16)15-12-9-7-11(14)8-10-12/h7-10H,2-6H2,1H3,(H,15,16). The average molecular weight is 223 g/mol. The van der Waals surface area contributed by atoms with E-state index in [0.29, 0.717) is 12.1 Å². The Morgan fingerprint density at radius 3 is 2.50 bits per heavy atom. The van der Waals surface area contributed by atoms with E-state index in [-0.39, 0.29) is 11.7 Å². The Bertz CT molecular complexity index is 321. The van der Waals surface area contributed by atoms with E-state index >= 15 is 0 Å². The van der Waals surface area contributed by atoms with Crippen LogP contribution in [0.4, 0.5) is 10.1 Å². The molecule has 0 bridgehead atoms. The van der Waals surface area contributed by atoms with Gasteiger partial charge in [0.05, 0.1) is 0 Å². The highest BCUT2D eigenvalue weighted by atomic mass is 19.1. The van der Waals surface area contributed by atoms with E-state index in [2.05, 4.69) is 12.2 Å². The molecule has 2 nitrogen and oxygen atoms in total. The molecule has 0 fully saturated rings. The zero-order chi connectivity index (χ0) is 11.8. The van der Waals surface area contributed by atoms with Gasteiger partial charge in [-0.05, 0) is 30.7 Å². The van der Waals surface area contributed by atoms with Crippen LogP contribution in [0.25, 0.3) is 0 Å². The van der Waals surface area contributed by atoms with E-state index in [0.717, 1.165) is 12.8 Å². The maximum Gasteiger partial charge on any atom is 0.224 e. The minimum atomic E-state index is -0.291. The molecule has 0 unspecified atom stereocenters. The van der Waals surface area contributed by atoms with Crippen LogP contribution in [0.3, 0.4) is 0 Å². The lowest BCUT2D eigenvalue weighted by Gasteiger charge is -2.04. The third-order valence-corrected chi connectivity index (χ3v) is 2.39. The zero-order valence-corrected chi connectivity index (χ0v) is 9.63. The fourth-order valence-corrected chi connectivity index (χ4v) is 1.47. The number of carbonyl (C=O) groups excluding carboxylic acids is 1. The fraction of sp³-hybridized carbons (Fsp3) is 0.462. The normalized spacial score (nSPS) is 10.1. The zero-order valence-electron chi connectivity index (χ0n) is 9.63. The molecule has 1 aromatic carbocycles. The van der Waals surface area contributed by atoms with Crippen molar-refractivity contribution in [3.8, 4) is 0 Å². The molecule has 0 heterocycles. The van der Waals surface area contributed by atoms with Gasteiger partial charge in [0, 0.05) is 12.1 Å². The van der Waals surface area contributed by atoms with Crippen LogP contribution < -0.4 is 5.32 Å². The molecular weight excluding hydrogens is 205 g/mol. The summed E-state index contributed by atoms with van der Waals surface area (Å²) in [5.74, 6) is -0.288. The number of nitrogens with one attached hydrogen (secondary N) is 1. The Kier molecular flexibility index (Phi) is 5.54. The van der Waals surface area contributed by atoms with E-state index in [1.54, 1.807) is 12.1 Å². The average Bonchev–Trinajstić information content (AvgIpc) is 2.28. The molecule has 0 aliphatic carbocycles. The molecule has 0 spiro atoms. The summed E-state index contributed by atoms with van der Waals surface area (Å²) in [6, 6.07) is 5.82. The van der Waals surface area contributed by atoms with Gasteiger partial charge >= 0.3 is 0 Å². The molecule has 3 heteroatoms. The van der Waals surface area contributed by atoms with Crippen molar-refractivity contribution in [1.29, 1.82) is 0 Å². The maximum atomic E-state index is 12.6. The van der Waals surface area contributed by atoms with Gasteiger partial charge < -0.3 is 5.32 Å². The van der Waals surface area contributed by atoms with Crippen molar-refractivity contribution in [1.82, 2.24) is 0 Å². The lowest BCUT2D eigenvalue weighted by Crippen LogP contribution is -2.10. The van der Waals surface area contributed by atoms with Crippen molar-refractivity contribution in [3.05, 3.63) is 30.1 Å². The first kappa shape index (κ1) is 12.7. The van der Waals surface area contributed by atoms with E-state index in [4.69, 9.17) is 0 Å². The fourth-order valence-electron chi connectivity index (χ4n) is 1.47. The third-order valence-electron chi connectivity index (χ3n) is 2.39. The van der Waals surface area contributed by atoms with Gasteiger partial charge in [-0.3, -0.25) is 4.79 Å². The molecule has 0 aromatic heterocycles. The van der Waals surface area contributed by atoms with Gasteiger partial charge in [-0.2, -0.15) is 0 Å². The predicted octanol–water partition coefficient (Wildman–Crippen LogP) is 3.73. The van der Waals surface area contributed by atoms with Gasteiger partial charge in [0.2, 0.25) is 5.91 Å². The molecular formula is C13H18FNO. The van der Waals surface area contributed by atoms with Crippen LogP contribution in [0.2, 0.25) is 0 Å². The topological polar surface area (TPSA) is 29.1 Å². The number of hydrogen-bond acceptors (Lipinski definition) is 1. The molecule has 1 aromatic rings. The van der Waals surface area contributed by atoms with Crippen LogP contribution in [0.1, 0.15) is 39.0 Å². The molecule has 16 heavy (non-hydrogen) atoms. The lowest BCUT2D eigenvalue weighted by molar-refractivity contribution is -0.116. The number of benzene rings is 1. The summed E-state index contributed by atoms with van der Waals surface area (Å²) in [7, 11) is 0. The van der Waals surface area contributed by atoms with Gasteiger partial charge in [0.15, 0.2) is 0 Å². The summed E-state index contributed by atoms with van der Waals surface area (Å²) in [6.45, 7) is 2.14. The second-order valence-electron chi connectivity index (χ2n) is 3.87. The van der Waals surface area contributed by atoms with Crippen molar-refractivity contribution < 1.29 is 9.18 Å². The van der Waals surface area contributed by atoms with Gasteiger partial charge in [-0.15, -0.1) is 0 Å². The molecule has 1 rings (SSSR count). The van der Waals surface area contributed by atoms with Crippen molar-refractivity contribution >= 4 is 11.6 Å². The van der Waals surface area contributed by atoms with Crippen molar-refractivity contribution in [2.75, 3.05) is 5.32 Å². The number of rotatable bonds is 6. The Morgan fingerprint density at radius 1 is 1.19 bits per heavy atom. The quantitative estimate of drug-likeness (QED) is 0.731. The summed E-state index contributed by atoms with van der Waals surface area (Å²) in [4.78, 5) is 11.5.